The van der Waals surface area contributed by atoms with E-state index in [1.165, 1.54) is 100 Å². The fourth-order valence-corrected chi connectivity index (χ4v) is 7.99. The molecule has 3 aliphatic carbocycles. The minimum atomic E-state index is 0.0202. The molecule has 38 heavy (non-hydrogen) atoms. The van der Waals surface area contributed by atoms with Gasteiger partial charge < -0.3 is 0 Å². The predicted molar refractivity (Wildman–Crippen MR) is 161 cm³/mol. The summed E-state index contributed by atoms with van der Waals surface area (Å²) in [5.41, 5.74) is 6.37. The van der Waals surface area contributed by atoms with Gasteiger partial charge in [-0.05, 0) is 135 Å². The maximum atomic E-state index is 15.3. The molecule has 5 rings (SSSR count). The maximum absolute atomic E-state index is 15.3. The summed E-state index contributed by atoms with van der Waals surface area (Å²) in [6.07, 6.45) is 22.9. The maximum Gasteiger partial charge on any atom is 0.130 e. The van der Waals surface area contributed by atoms with Gasteiger partial charge in [-0.3, -0.25) is 0 Å². The molecule has 0 aliphatic heterocycles. The first-order valence-electron chi connectivity index (χ1n) is 16.2. The molecule has 2 fully saturated rings. The van der Waals surface area contributed by atoms with Crippen LogP contribution in [0.2, 0.25) is 0 Å². The predicted octanol–water partition coefficient (Wildman–Crippen LogP) is 11.4. The zero-order valence-electron chi connectivity index (χ0n) is 24.2. The van der Waals surface area contributed by atoms with Crippen molar-refractivity contribution in [3.05, 3.63) is 76.6 Å². The van der Waals surface area contributed by atoms with E-state index in [4.69, 9.17) is 0 Å². The van der Waals surface area contributed by atoms with E-state index >= 15 is 4.39 Å². The lowest BCUT2D eigenvalue weighted by Crippen LogP contribution is -2.22. The second-order valence-corrected chi connectivity index (χ2v) is 12.9. The quantitative estimate of drug-likeness (QED) is 0.292. The SMILES string of the molecule is CCCCC[C@H]1CC[C@H](c2ccc(C3=CCC([C@H]4CC[C@H](c5ccc(CC)cc5)CC4)CC3)c(F)c2)CC1. The fraction of sp³-hybridized carbons (Fsp3) is 0.622. The lowest BCUT2D eigenvalue weighted by Gasteiger charge is -2.36. The molecule has 1 unspecified atom stereocenters. The molecule has 2 aromatic carbocycles. The van der Waals surface area contributed by atoms with Gasteiger partial charge >= 0.3 is 0 Å². The molecule has 0 heterocycles. The number of allylic oxidation sites excluding steroid dienone is 2. The van der Waals surface area contributed by atoms with E-state index in [-0.39, 0.29) is 5.82 Å². The van der Waals surface area contributed by atoms with Gasteiger partial charge in [0.25, 0.3) is 0 Å². The van der Waals surface area contributed by atoms with Gasteiger partial charge in [0.2, 0.25) is 0 Å². The van der Waals surface area contributed by atoms with Crippen LogP contribution in [0.4, 0.5) is 4.39 Å². The smallest absolute Gasteiger partial charge is 0.130 e. The lowest BCUT2D eigenvalue weighted by molar-refractivity contribution is 0.220. The van der Waals surface area contributed by atoms with E-state index in [2.05, 4.69) is 56.3 Å². The molecular formula is C37H51F. The molecular weight excluding hydrogens is 463 g/mol. The molecule has 0 radical (unpaired) electrons. The number of halogens is 1. The van der Waals surface area contributed by atoms with E-state index in [0.29, 0.717) is 5.92 Å². The Hall–Kier alpha value is -1.89. The first-order valence-corrected chi connectivity index (χ1v) is 16.2. The highest BCUT2D eigenvalue weighted by molar-refractivity contribution is 5.67. The van der Waals surface area contributed by atoms with Gasteiger partial charge in [0.1, 0.15) is 5.82 Å². The van der Waals surface area contributed by atoms with Crippen LogP contribution in [0.3, 0.4) is 0 Å². The number of benzene rings is 2. The van der Waals surface area contributed by atoms with E-state index in [1.54, 1.807) is 5.56 Å². The molecule has 0 nitrogen and oxygen atoms in total. The Morgan fingerprint density at radius 1 is 0.711 bits per heavy atom. The third-order valence-electron chi connectivity index (χ3n) is 10.6. The molecule has 3 aliphatic rings. The summed E-state index contributed by atoms with van der Waals surface area (Å²) in [7, 11) is 0. The van der Waals surface area contributed by atoms with E-state index in [1.807, 2.05) is 6.07 Å². The van der Waals surface area contributed by atoms with Crippen molar-refractivity contribution in [1.29, 1.82) is 0 Å². The Morgan fingerprint density at radius 2 is 1.39 bits per heavy atom. The molecule has 2 aromatic rings. The zero-order valence-corrected chi connectivity index (χ0v) is 24.2. The summed E-state index contributed by atoms with van der Waals surface area (Å²) in [6, 6.07) is 15.6. The monoisotopic (exact) mass is 514 g/mol. The van der Waals surface area contributed by atoms with Crippen molar-refractivity contribution in [2.45, 2.75) is 128 Å². The number of aryl methyl sites for hydroxylation is 1. The van der Waals surface area contributed by atoms with Crippen LogP contribution in [0.25, 0.3) is 5.57 Å². The van der Waals surface area contributed by atoms with Gasteiger partial charge in [-0.25, -0.2) is 4.39 Å². The summed E-state index contributed by atoms with van der Waals surface area (Å²) in [6.45, 7) is 4.52. The Balaban J connectivity index is 1.11. The number of hydrogen-bond donors (Lipinski definition) is 0. The number of hydrogen-bond acceptors (Lipinski definition) is 0. The summed E-state index contributed by atoms with van der Waals surface area (Å²) >= 11 is 0. The van der Waals surface area contributed by atoms with Crippen LogP contribution in [0, 0.1) is 23.6 Å². The molecule has 206 valence electrons. The second-order valence-electron chi connectivity index (χ2n) is 12.9. The lowest BCUT2D eigenvalue weighted by atomic mass is 9.70. The average Bonchev–Trinajstić information content (AvgIpc) is 2.98. The van der Waals surface area contributed by atoms with E-state index in [9.17, 15) is 0 Å². The van der Waals surface area contributed by atoms with Crippen molar-refractivity contribution in [1.82, 2.24) is 0 Å². The standard InChI is InChI=1S/C37H51F/c1-3-5-6-7-28-10-14-33(15-11-28)35-24-25-36(37(38)26-35)34-22-20-32(21-23-34)31-18-16-30(17-19-31)29-12-8-27(4-2)9-13-29/h8-9,12-13,22,24-26,28,30-33H,3-7,10-11,14-21,23H2,1-2H3/t28-,30-,31-,32?,33-. The van der Waals surface area contributed by atoms with Gasteiger partial charge in [0.05, 0.1) is 0 Å². The molecule has 1 heteroatoms. The van der Waals surface area contributed by atoms with Gasteiger partial charge in [-0.2, -0.15) is 0 Å². The average molecular weight is 515 g/mol. The third kappa shape index (κ3) is 6.81. The molecule has 0 N–H and O–H groups in total. The van der Waals surface area contributed by atoms with Crippen LogP contribution in [0.15, 0.2) is 48.5 Å². The molecule has 0 aromatic heterocycles. The van der Waals surface area contributed by atoms with Crippen LogP contribution < -0.4 is 0 Å². The Kier molecular flexibility index (Phi) is 9.79. The summed E-state index contributed by atoms with van der Waals surface area (Å²) in [5, 5.41) is 0. The van der Waals surface area contributed by atoms with Crippen molar-refractivity contribution in [2.75, 3.05) is 0 Å². The molecule has 0 amide bonds. The minimum Gasteiger partial charge on any atom is -0.206 e. The van der Waals surface area contributed by atoms with Crippen molar-refractivity contribution >= 4 is 5.57 Å². The number of unbranched alkanes of at least 4 members (excludes halogenated alkanes) is 2. The van der Waals surface area contributed by atoms with Crippen molar-refractivity contribution in [2.24, 2.45) is 17.8 Å². The fourth-order valence-electron chi connectivity index (χ4n) is 7.99. The van der Waals surface area contributed by atoms with Crippen LogP contribution in [0.1, 0.15) is 144 Å². The third-order valence-corrected chi connectivity index (χ3v) is 10.6. The Labute approximate surface area is 232 Å². The Bertz CT molecular complexity index is 1030. The van der Waals surface area contributed by atoms with Gasteiger partial charge in [0.15, 0.2) is 0 Å². The van der Waals surface area contributed by atoms with Crippen LogP contribution in [-0.2, 0) is 6.42 Å². The normalized spacial score (nSPS) is 28.2. The highest BCUT2D eigenvalue weighted by atomic mass is 19.1. The highest BCUT2D eigenvalue weighted by Crippen LogP contribution is 2.44. The molecule has 0 saturated heterocycles. The van der Waals surface area contributed by atoms with Crippen LogP contribution >= 0.6 is 0 Å². The molecule has 1 atom stereocenters. The van der Waals surface area contributed by atoms with Crippen LogP contribution in [-0.4, -0.2) is 0 Å². The van der Waals surface area contributed by atoms with Gasteiger partial charge in [-0.15, -0.1) is 0 Å². The van der Waals surface area contributed by atoms with Gasteiger partial charge in [0, 0.05) is 5.56 Å². The largest absolute Gasteiger partial charge is 0.206 e. The van der Waals surface area contributed by atoms with E-state index < -0.39 is 0 Å². The molecule has 0 spiro atoms. The van der Waals surface area contributed by atoms with Crippen molar-refractivity contribution in [3.63, 3.8) is 0 Å². The van der Waals surface area contributed by atoms with Crippen molar-refractivity contribution in [3.8, 4) is 0 Å². The zero-order chi connectivity index (χ0) is 26.3. The molecule has 0 bridgehead atoms. The topological polar surface area (TPSA) is 0 Å². The van der Waals surface area contributed by atoms with Gasteiger partial charge in [-0.1, -0.05) is 82.0 Å². The number of rotatable bonds is 9. The minimum absolute atomic E-state index is 0.0202. The Morgan fingerprint density at radius 3 is 2.03 bits per heavy atom. The summed E-state index contributed by atoms with van der Waals surface area (Å²) in [5.74, 6) is 3.87. The van der Waals surface area contributed by atoms with Crippen molar-refractivity contribution < 1.29 is 4.39 Å². The second kappa shape index (κ2) is 13.5. The highest BCUT2D eigenvalue weighted by Gasteiger charge is 2.30. The van der Waals surface area contributed by atoms with Crippen LogP contribution in [0.5, 0.6) is 0 Å². The van der Waals surface area contributed by atoms with E-state index in [0.717, 1.165) is 48.5 Å². The summed E-state index contributed by atoms with van der Waals surface area (Å²) in [4.78, 5) is 0. The first kappa shape index (κ1) is 27.7. The molecule has 2 saturated carbocycles. The summed E-state index contributed by atoms with van der Waals surface area (Å²) < 4.78 is 15.3. The first-order chi connectivity index (χ1) is 18.6.